The lowest BCUT2D eigenvalue weighted by Gasteiger charge is -2.09. The number of nitrogens with one attached hydrogen (secondary N) is 2. The Bertz CT molecular complexity index is 1130. The summed E-state index contributed by atoms with van der Waals surface area (Å²) in [7, 11) is -3.20. The van der Waals surface area contributed by atoms with Crippen LogP contribution in [0.5, 0.6) is 0 Å². The summed E-state index contributed by atoms with van der Waals surface area (Å²) < 4.78 is 28.3. The van der Waals surface area contributed by atoms with Gasteiger partial charge in [0, 0.05) is 47.0 Å². The highest BCUT2D eigenvalue weighted by Crippen LogP contribution is 2.29. The number of sulfonamides is 1. The number of carbonyl (C=O) groups is 1. The van der Waals surface area contributed by atoms with Crippen molar-refractivity contribution in [1.82, 2.24) is 14.6 Å². The zero-order valence-electron chi connectivity index (χ0n) is 17.9. The van der Waals surface area contributed by atoms with Crippen molar-refractivity contribution in [1.29, 1.82) is 0 Å². The van der Waals surface area contributed by atoms with Gasteiger partial charge in [0.1, 0.15) is 0 Å². The molecule has 0 fully saturated rings. The largest absolute Gasteiger partial charge is 0.352 e. The molecule has 0 saturated carbocycles. The number of carbonyl (C=O) groups excluding carboxylic acids is 1. The zero-order chi connectivity index (χ0) is 21.7. The van der Waals surface area contributed by atoms with Gasteiger partial charge in [-0.25, -0.2) is 13.1 Å². The summed E-state index contributed by atoms with van der Waals surface area (Å²) in [6, 6.07) is 14.1. The highest BCUT2D eigenvalue weighted by molar-refractivity contribution is 7.90. The molecule has 0 radical (unpaired) electrons. The van der Waals surface area contributed by atoms with Crippen LogP contribution in [0.2, 0.25) is 0 Å². The highest BCUT2D eigenvalue weighted by atomic mass is 32.2. The third kappa shape index (κ3) is 4.84. The first kappa shape index (κ1) is 22.3. The summed E-state index contributed by atoms with van der Waals surface area (Å²) in [5, 5.41) is 4.81. The van der Waals surface area contributed by atoms with Gasteiger partial charge in [-0.1, -0.05) is 24.6 Å². The predicted octanol–water partition coefficient (Wildman–Crippen LogP) is 4.04. The summed E-state index contributed by atoms with van der Waals surface area (Å²) in [4.78, 5) is 12.6. The second kappa shape index (κ2) is 9.62. The Morgan fingerprint density at radius 3 is 2.40 bits per heavy atom. The molecule has 0 spiro atoms. The summed E-state index contributed by atoms with van der Waals surface area (Å²) in [5.74, 6) is -0.0780. The maximum Gasteiger partial charge on any atom is 0.251 e. The minimum Gasteiger partial charge on any atom is -0.352 e. The van der Waals surface area contributed by atoms with E-state index in [1.165, 1.54) is 5.52 Å². The van der Waals surface area contributed by atoms with Gasteiger partial charge in [-0.05, 0) is 57.9 Å². The fourth-order valence-corrected chi connectivity index (χ4v) is 4.41. The quantitative estimate of drug-likeness (QED) is 0.477. The van der Waals surface area contributed by atoms with Crippen LogP contribution in [0.15, 0.2) is 42.5 Å². The van der Waals surface area contributed by atoms with E-state index < -0.39 is 15.3 Å². The molecule has 30 heavy (non-hydrogen) atoms. The molecular weight excluding hydrogens is 398 g/mol. The molecule has 1 heterocycles. The third-order valence-corrected chi connectivity index (χ3v) is 7.26. The topological polar surface area (TPSA) is 80.2 Å². The number of aryl methyl sites for hydroxylation is 1. The van der Waals surface area contributed by atoms with Crippen LogP contribution in [0.3, 0.4) is 0 Å². The number of hydrogen-bond acceptors (Lipinski definition) is 3. The summed E-state index contributed by atoms with van der Waals surface area (Å²) in [6.07, 6.45) is 2.42. The molecule has 0 unspecified atom stereocenters. The van der Waals surface area contributed by atoms with E-state index in [9.17, 15) is 13.2 Å². The van der Waals surface area contributed by atoms with E-state index in [0.717, 1.165) is 42.1 Å². The van der Waals surface area contributed by atoms with E-state index in [1.54, 1.807) is 13.8 Å². The monoisotopic (exact) mass is 429 g/mol. The second-order valence-electron chi connectivity index (χ2n) is 7.80. The Hall–Kier alpha value is -2.38. The predicted molar refractivity (Wildman–Crippen MR) is 123 cm³/mol. The van der Waals surface area contributed by atoms with Crippen molar-refractivity contribution < 1.29 is 13.2 Å². The first-order valence-corrected chi connectivity index (χ1v) is 12.2. The third-order valence-electron chi connectivity index (χ3n) is 5.41. The van der Waals surface area contributed by atoms with Gasteiger partial charge in [-0.3, -0.25) is 4.79 Å². The molecule has 1 amide bonds. The number of hydrogen-bond donors (Lipinski definition) is 2. The molecule has 2 N–H and O–H groups in total. The van der Waals surface area contributed by atoms with Gasteiger partial charge < -0.3 is 9.88 Å². The Kier molecular flexibility index (Phi) is 7.15. The molecule has 3 rings (SSSR count). The molecule has 7 heteroatoms. The number of benzene rings is 2. The number of unbranched alkanes of at least 4 members (excludes halogenated alkanes) is 2. The number of nitrogens with zero attached hydrogens (tertiary/aromatic N) is 1. The normalized spacial score (nSPS) is 12.1. The smallest absolute Gasteiger partial charge is 0.251 e. The van der Waals surface area contributed by atoms with Gasteiger partial charge in [-0.15, -0.1) is 0 Å². The van der Waals surface area contributed by atoms with Crippen molar-refractivity contribution >= 4 is 37.7 Å². The molecule has 0 aliphatic rings. The van der Waals surface area contributed by atoms with Crippen molar-refractivity contribution in [2.75, 3.05) is 13.1 Å². The highest BCUT2D eigenvalue weighted by Gasteiger charge is 2.14. The minimum atomic E-state index is -3.20. The first-order chi connectivity index (χ1) is 14.3. The summed E-state index contributed by atoms with van der Waals surface area (Å²) >= 11 is 0. The maximum absolute atomic E-state index is 12.6. The molecule has 0 atom stereocenters. The van der Waals surface area contributed by atoms with Gasteiger partial charge >= 0.3 is 0 Å². The SMILES string of the molecule is CCn1c2ccccc2c2cc(C(=O)NCCCCCNS(=O)(=O)C(C)C)ccc21. The lowest BCUT2D eigenvalue weighted by Crippen LogP contribution is -2.31. The van der Waals surface area contributed by atoms with Crippen LogP contribution >= 0.6 is 0 Å². The number of amides is 1. The Morgan fingerprint density at radius 2 is 1.67 bits per heavy atom. The standard InChI is InChI=1S/C23H31N3O3S/c1-4-26-21-11-7-6-10-19(21)20-16-18(12-13-22(20)26)23(27)24-14-8-5-9-15-25-30(28,29)17(2)3/h6-7,10-13,16-17,25H,4-5,8-9,14-15H2,1-3H3,(H,24,27). The minimum absolute atomic E-state index is 0.0780. The van der Waals surface area contributed by atoms with E-state index >= 15 is 0 Å². The molecule has 0 saturated heterocycles. The number of aromatic nitrogens is 1. The van der Waals surface area contributed by atoms with Crippen LogP contribution in [-0.4, -0.2) is 37.2 Å². The lowest BCUT2D eigenvalue weighted by atomic mass is 10.1. The van der Waals surface area contributed by atoms with E-state index in [2.05, 4.69) is 33.7 Å². The van der Waals surface area contributed by atoms with Crippen LogP contribution in [0.25, 0.3) is 21.8 Å². The molecule has 6 nitrogen and oxygen atoms in total. The first-order valence-electron chi connectivity index (χ1n) is 10.6. The van der Waals surface area contributed by atoms with Gasteiger partial charge in [0.15, 0.2) is 0 Å². The van der Waals surface area contributed by atoms with Crippen molar-refractivity contribution in [3.63, 3.8) is 0 Å². The molecule has 1 aromatic heterocycles. The van der Waals surface area contributed by atoms with Crippen molar-refractivity contribution in [3.8, 4) is 0 Å². The van der Waals surface area contributed by atoms with Gasteiger partial charge in [0.2, 0.25) is 10.0 Å². The Balaban J connectivity index is 1.54. The fourth-order valence-electron chi connectivity index (χ4n) is 3.65. The van der Waals surface area contributed by atoms with Crippen LogP contribution in [-0.2, 0) is 16.6 Å². The van der Waals surface area contributed by atoms with Gasteiger partial charge in [0.25, 0.3) is 5.91 Å². The van der Waals surface area contributed by atoms with E-state index in [0.29, 0.717) is 18.7 Å². The molecule has 3 aromatic rings. The molecule has 162 valence electrons. The molecule has 0 aliphatic heterocycles. The van der Waals surface area contributed by atoms with Gasteiger partial charge in [-0.2, -0.15) is 0 Å². The average Bonchev–Trinajstić information content (AvgIpc) is 3.05. The Morgan fingerprint density at radius 1 is 0.967 bits per heavy atom. The van der Waals surface area contributed by atoms with Crippen LogP contribution < -0.4 is 10.0 Å². The second-order valence-corrected chi connectivity index (χ2v) is 10.1. The molecule has 0 aliphatic carbocycles. The Labute approximate surface area is 178 Å². The van der Waals surface area contributed by atoms with Crippen molar-refractivity contribution in [2.24, 2.45) is 0 Å². The molecule has 2 aromatic carbocycles. The fraction of sp³-hybridized carbons (Fsp3) is 0.435. The molecule has 0 bridgehead atoms. The average molecular weight is 430 g/mol. The van der Waals surface area contributed by atoms with E-state index in [-0.39, 0.29) is 5.91 Å². The van der Waals surface area contributed by atoms with Crippen LogP contribution in [0.4, 0.5) is 0 Å². The number of para-hydroxylation sites is 1. The summed E-state index contributed by atoms with van der Waals surface area (Å²) in [6.45, 7) is 7.34. The maximum atomic E-state index is 12.6. The van der Waals surface area contributed by atoms with E-state index in [4.69, 9.17) is 0 Å². The van der Waals surface area contributed by atoms with Crippen LogP contribution in [0, 0.1) is 0 Å². The van der Waals surface area contributed by atoms with Crippen molar-refractivity contribution in [3.05, 3.63) is 48.0 Å². The van der Waals surface area contributed by atoms with Gasteiger partial charge in [0.05, 0.1) is 5.25 Å². The number of rotatable bonds is 10. The number of fused-ring (bicyclic) bond motifs is 3. The molecular formula is C23H31N3O3S. The lowest BCUT2D eigenvalue weighted by molar-refractivity contribution is 0.0953. The zero-order valence-corrected chi connectivity index (χ0v) is 18.8. The van der Waals surface area contributed by atoms with Crippen LogP contribution in [0.1, 0.15) is 50.4 Å². The van der Waals surface area contributed by atoms with E-state index in [1.807, 2.05) is 30.3 Å². The summed E-state index contributed by atoms with van der Waals surface area (Å²) in [5.41, 5.74) is 2.98. The van der Waals surface area contributed by atoms with Crippen molar-refractivity contribution in [2.45, 2.75) is 51.8 Å².